The van der Waals surface area contributed by atoms with Crippen LogP contribution >= 0.6 is 12.4 Å². The summed E-state index contributed by atoms with van der Waals surface area (Å²) in [5.74, 6) is -0.254. The maximum absolute atomic E-state index is 12.7. The lowest BCUT2D eigenvalue weighted by Gasteiger charge is -2.33. The Morgan fingerprint density at radius 1 is 1.07 bits per heavy atom. The molecule has 0 saturated carbocycles. The Balaban J connectivity index is 0.00000280. The molecule has 0 aromatic heterocycles. The van der Waals surface area contributed by atoms with E-state index in [0.717, 1.165) is 25.1 Å². The second kappa shape index (κ2) is 9.91. The lowest BCUT2D eigenvalue weighted by molar-refractivity contribution is -0.137. The van der Waals surface area contributed by atoms with E-state index in [1.165, 1.54) is 22.6 Å². The van der Waals surface area contributed by atoms with Crippen LogP contribution in [0.15, 0.2) is 54.6 Å². The van der Waals surface area contributed by atoms with Gasteiger partial charge in [-0.1, -0.05) is 30.3 Å². The molecule has 1 saturated heterocycles. The van der Waals surface area contributed by atoms with Gasteiger partial charge in [-0.15, -0.1) is 12.4 Å². The summed E-state index contributed by atoms with van der Waals surface area (Å²) in [6, 6.07) is 14.7. The zero-order valence-electron chi connectivity index (χ0n) is 15.1. The molecule has 0 bridgehead atoms. The van der Waals surface area contributed by atoms with Gasteiger partial charge in [-0.05, 0) is 42.8 Å². The molecule has 1 heterocycles. The highest BCUT2D eigenvalue weighted by molar-refractivity contribution is 5.95. The number of carbonyl (C=O) groups is 1. The molecular weight excluding hydrogens is 393 g/mol. The quantitative estimate of drug-likeness (QED) is 0.733. The highest BCUT2D eigenvalue weighted by Crippen LogP contribution is 2.31. The summed E-state index contributed by atoms with van der Waals surface area (Å²) in [5.41, 5.74) is 0.952. The molecule has 2 aromatic carbocycles. The third-order valence-electron chi connectivity index (χ3n) is 4.44. The maximum Gasteiger partial charge on any atom is 0.416 e. The molecule has 3 rings (SSSR count). The lowest BCUT2D eigenvalue weighted by atomic mass is 10.1. The van der Waals surface area contributed by atoms with Crippen molar-refractivity contribution in [1.29, 1.82) is 0 Å². The Morgan fingerprint density at radius 3 is 2.39 bits per heavy atom. The molecular formula is C20H22ClF3N2O2. The number of ether oxygens (including phenoxy) is 1. The van der Waals surface area contributed by atoms with Gasteiger partial charge in [0.1, 0.15) is 6.61 Å². The van der Waals surface area contributed by atoms with E-state index in [-0.39, 0.29) is 31.0 Å². The summed E-state index contributed by atoms with van der Waals surface area (Å²) in [5, 5.41) is 3.31. The fourth-order valence-electron chi connectivity index (χ4n) is 2.97. The Bertz CT molecular complexity index is 754. The van der Waals surface area contributed by atoms with E-state index >= 15 is 0 Å². The number of nitrogens with zero attached hydrogens (tertiary/aromatic N) is 1. The number of rotatable bonds is 6. The van der Waals surface area contributed by atoms with Gasteiger partial charge in [-0.3, -0.25) is 4.79 Å². The van der Waals surface area contributed by atoms with Crippen LogP contribution in [-0.4, -0.2) is 38.3 Å². The van der Waals surface area contributed by atoms with Gasteiger partial charge < -0.3 is 15.0 Å². The first-order chi connectivity index (χ1) is 12.9. The molecule has 8 heteroatoms. The molecule has 1 aliphatic heterocycles. The molecule has 0 unspecified atom stereocenters. The predicted octanol–water partition coefficient (Wildman–Crippen LogP) is 3.69. The molecule has 1 amide bonds. The van der Waals surface area contributed by atoms with Crippen LogP contribution in [-0.2, 0) is 22.1 Å². The first-order valence-electron chi connectivity index (χ1n) is 8.77. The average molecular weight is 415 g/mol. The second-order valence-corrected chi connectivity index (χ2v) is 6.42. The standard InChI is InChI=1S/C20H21F3N2O2.ClH/c21-20(22,23)16-6-8-17(9-7-16)25-13-18(27-14-19(25)26)12-24-11-10-15-4-2-1-3-5-15;/h1-9,18,24H,10-14H2;1H/t18-;/m1./s1. The molecule has 0 radical (unpaired) electrons. The van der Waals surface area contributed by atoms with Crippen LogP contribution in [0.4, 0.5) is 18.9 Å². The summed E-state index contributed by atoms with van der Waals surface area (Å²) < 4.78 is 43.6. The third-order valence-corrected chi connectivity index (χ3v) is 4.44. The second-order valence-electron chi connectivity index (χ2n) is 6.42. The molecule has 1 atom stereocenters. The lowest BCUT2D eigenvalue weighted by Crippen LogP contribution is -2.50. The monoisotopic (exact) mass is 414 g/mol. The number of anilines is 1. The van der Waals surface area contributed by atoms with E-state index in [0.29, 0.717) is 18.8 Å². The zero-order valence-corrected chi connectivity index (χ0v) is 15.9. The minimum absolute atomic E-state index is 0. The summed E-state index contributed by atoms with van der Waals surface area (Å²) >= 11 is 0. The summed E-state index contributed by atoms with van der Waals surface area (Å²) in [7, 11) is 0. The SMILES string of the molecule is Cl.O=C1CO[C@H](CNCCc2ccccc2)CN1c1ccc(C(F)(F)F)cc1. The van der Waals surface area contributed by atoms with Crippen molar-refractivity contribution in [3.8, 4) is 0 Å². The van der Waals surface area contributed by atoms with Crippen LogP contribution in [0.2, 0.25) is 0 Å². The minimum Gasteiger partial charge on any atom is -0.365 e. The van der Waals surface area contributed by atoms with Crippen LogP contribution in [0, 0.1) is 0 Å². The Labute approximate surface area is 168 Å². The molecule has 2 aromatic rings. The number of hydrogen-bond acceptors (Lipinski definition) is 3. The van der Waals surface area contributed by atoms with Gasteiger partial charge in [0.05, 0.1) is 18.2 Å². The number of carbonyl (C=O) groups excluding carboxylic acids is 1. The van der Waals surface area contributed by atoms with Crippen molar-refractivity contribution in [3.05, 3.63) is 65.7 Å². The van der Waals surface area contributed by atoms with Crippen LogP contribution in [0.1, 0.15) is 11.1 Å². The molecule has 1 fully saturated rings. The van der Waals surface area contributed by atoms with Crippen LogP contribution in [0.25, 0.3) is 0 Å². The summed E-state index contributed by atoms with van der Waals surface area (Å²) in [6.45, 7) is 1.57. The topological polar surface area (TPSA) is 41.6 Å². The van der Waals surface area contributed by atoms with E-state index in [9.17, 15) is 18.0 Å². The fraction of sp³-hybridized carbons (Fsp3) is 0.350. The number of morpholine rings is 1. The molecule has 0 aliphatic carbocycles. The van der Waals surface area contributed by atoms with Crippen LogP contribution in [0.5, 0.6) is 0 Å². The number of benzene rings is 2. The Morgan fingerprint density at radius 2 is 1.75 bits per heavy atom. The van der Waals surface area contributed by atoms with E-state index < -0.39 is 11.7 Å². The van der Waals surface area contributed by atoms with Crippen molar-refractivity contribution in [2.24, 2.45) is 0 Å². The van der Waals surface area contributed by atoms with Crippen LogP contribution < -0.4 is 10.2 Å². The number of halogens is 4. The molecule has 4 nitrogen and oxygen atoms in total. The van der Waals surface area contributed by atoms with Crippen molar-refractivity contribution < 1.29 is 22.7 Å². The Hall–Kier alpha value is -2.09. The number of alkyl halides is 3. The van der Waals surface area contributed by atoms with E-state index in [1.54, 1.807) is 0 Å². The summed E-state index contributed by atoms with van der Waals surface area (Å²) in [6.07, 6.45) is -3.71. The summed E-state index contributed by atoms with van der Waals surface area (Å²) in [4.78, 5) is 13.6. The maximum atomic E-state index is 12.7. The van der Waals surface area contributed by atoms with Crippen molar-refractivity contribution in [2.45, 2.75) is 18.7 Å². The van der Waals surface area contributed by atoms with Gasteiger partial charge in [0.15, 0.2) is 0 Å². The number of nitrogens with one attached hydrogen (secondary N) is 1. The smallest absolute Gasteiger partial charge is 0.365 e. The molecule has 152 valence electrons. The molecule has 1 N–H and O–H groups in total. The van der Waals surface area contributed by atoms with Gasteiger partial charge in [0.2, 0.25) is 0 Å². The minimum atomic E-state index is -4.39. The van der Waals surface area contributed by atoms with Gasteiger partial charge in [-0.2, -0.15) is 13.2 Å². The van der Waals surface area contributed by atoms with Gasteiger partial charge in [0.25, 0.3) is 5.91 Å². The fourth-order valence-corrected chi connectivity index (χ4v) is 2.97. The third kappa shape index (κ3) is 5.95. The van der Waals surface area contributed by atoms with Crippen LogP contribution in [0.3, 0.4) is 0 Å². The predicted molar refractivity (Wildman–Crippen MR) is 104 cm³/mol. The normalized spacial score (nSPS) is 17.3. The highest BCUT2D eigenvalue weighted by atomic mass is 35.5. The largest absolute Gasteiger partial charge is 0.416 e. The molecule has 0 spiro atoms. The first kappa shape index (κ1) is 22.2. The van der Waals surface area contributed by atoms with Crippen molar-refractivity contribution in [1.82, 2.24) is 5.32 Å². The van der Waals surface area contributed by atoms with Crippen molar-refractivity contribution >= 4 is 24.0 Å². The molecule has 28 heavy (non-hydrogen) atoms. The zero-order chi connectivity index (χ0) is 19.3. The van der Waals surface area contributed by atoms with Gasteiger partial charge in [-0.25, -0.2) is 0 Å². The Kier molecular flexibility index (Phi) is 7.86. The van der Waals surface area contributed by atoms with Crippen molar-refractivity contribution in [3.63, 3.8) is 0 Å². The van der Waals surface area contributed by atoms with Crippen molar-refractivity contribution in [2.75, 3.05) is 31.1 Å². The number of amides is 1. The van der Waals surface area contributed by atoms with Gasteiger partial charge in [0, 0.05) is 12.2 Å². The van der Waals surface area contributed by atoms with E-state index in [1.807, 2.05) is 18.2 Å². The average Bonchev–Trinajstić information content (AvgIpc) is 2.67. The highest BCUT2D eigenvalue weighted by Gasteiger charge is 2.31. The van der Waals surface area contributed by atoms with E-state index in [2.05, 4.69) is 17.4 Å². The molecule has 1 aliphatic rings. The first-order valence-corrected chi connectivity index (χ1v) is 8.77. The number of hydrogen-bond donors (Lipinski definition) is 1. The van der Waals surface area contributed by atoms with Gasteiger partial charge >= 0.3 is 6.18 Å². The van der Waals surface area contributed by atoms with E-state index in [4.69, 9.17) is 4.74 Å².